The molecule has 1 fully saturated rings. The summed E-state index contributed by atoms with van der Waals surface area (Å²) in [5.74, 6) is -0.423. The average Bonchev–Trinajstić information content (AvgIpc) is 2.66. The summed E-state index contributed by atoms with van der Waals surface area (Å²) in [6, 6.07) is 0.347. The number of carbonyl (C=O) groups is 1. The number of halogens is 1. The molecule has 1 aromatic rings. The lowest BCUT2D eigenvalue weighted by Gasteiger charge is -2.27. The van der Waals surface area contributed by atoms with Crippen LogP contribution >= 0.6 is 22.9 Å². The zero-order valence-corrected chi connectivity index (χ0v) is 12.9. The second kappa shape index (κ2) is 6.07. The Morgan fingerprint density at radius 3 is 2.95 bits per heavy atom. The summed E-state index contributed by atoms with van der Waals surface area (Å²) in [4.78, 5) is 20.8. The van der Waals surface area contributed by atoms with Crippen LogP contribution in [0.1, 0.15) is 23.0 Å². The van der Waals surface area contributed by atoms with Crippen molar-refractivity contribution in [3.05, 3.63) is 10.0 Å². The highest BCUT2D eigenvalue weighted by molar-refractivity contribution is 7.18. The molecule has 0 radical (unpaired) electrons. The number of esters is 1. The molecule has 1 atom stereocenters. The summed E-state index contributed by atoms with van der Waals surface area (Å²) in [6.45, 7) is 5.14. The highest BCUT2D eigenvalue weighted by Gasteiger charge is 2.25. The number of aromatic nitrogens is 1. The average molecular weight is 304 g/mol. The first-order valence-corrected chi connectivity index (χ1v) is 7.42. The summed E-state index contributed by atoms with van der Waals surface area (Å²) in [5, 5.41) is 1.03. The van der Waals surface area contributed by atoms with Crippen LogP contribution in [0.3, 0.4) is 0 Å². The molecule has 1 aromatic heterocycles. The molecule has 2 rings (SSSR count). The third-order valence-corrected chi connectivity index (χ3v) is 4.70. The quantitative estimate of drug-likeness (QED) is 0.783. The van der Waals surface area contributed by atoms with Gasteiger partial charge in [0.25, 0.3) is 0 Å². The fourth-order valence-electron chi connectivity index (χ4n) is 2.29. The lowest BCUT2D eigenvalue weighted by molar-refractivity contribution is 0.0606. The van der Waals surface area contributed by atoms with Crippen LogP contribution in [0.15, 0.2) is 0 Å². The van der Waals surface area contributed by atoms with Crippen LogP contribution in [0.25, 0.3) is 0 Å². The normalized spacial score (nSPS) is 21.3. The van der Waals surface area contributed by atoms with Crippen molar-refractivity contribution in [2.45, 2.75) is 19.4 Å². The third-order valence-electron chi connectivity index (χ3n) is 3.24. The third kappa shape index (κ3) is 3.19. The number of likely N-dealkylation sites (N-methyl/N-ethyl adjacent to an activating group) is 1. The van der Waals surface area contributed by atoms with Gasteiger partial charge in [-0.1, -0.05) is 22.9 Å². The lowest BCUT2D eigenvalue weighted by Crippen LogP contribution is -2.37. The van der Waals surface area contributed by atoms with Crippen LogP contribution in [0.4, 0.5) is 5.13 Å². The standard InChI is InChI=1S/C12H18ClN3O2S/c1-8-7-15(2)5-4-6-16(8)12-14-10(13)9(19-12)11(17)18-3/h8H,4-7H2,1-3H3. The molecule has 0 spiro atoms. The van der Waals surface area contributed by atoms with Gasteiger partial charge >= 0.3 is 5.97 Å². The monoisotopic (exact) mass is 303 g/mol. The Balaban J connectivity index is 2.23. The summed E-state index contributed by atoms with van der Waals surface area (Å²) < 4.78 is 4.71. The molecule has 1 aliphatic rings. The summed E-state index contributed by atoms with van der Waals surface area (Å²) in [6.07, 6.45) is 1.07. The maximum absolute atomic E-state index is 11.6. The number of anilines is 1. The Morgan fingerprint density at radius 1 is 1.53 bits per heavy atom. The van der Waals surface area contributed by atoms with Crippen molar-refractivity contribution in [1.82, 2.24) is 9.88 Å². The molecule has 0 aromatic carbocycles. The second-order valence-corrected chi connectivity index (χ2v) is 6.10. The van der Waals surface area contributed by atoms with E-state index in [2.05, 4.69) is 28.8 Å². The molecular formula is C12H18ClN3O2S. The van der Waals surface area contributed by atoms with Gasteiger partial charge < -0.3 is 14.5 Å². The van der Waals surface area contributed by atoms with Gasteiger partial charge in [0, 0.05) is 19.1 Å². The Bertz CT molecular complexity index is 466. The Hall–Kier alpha value is -0.850. The van der Waals surface area contributed by atoms with E-state index in [1.54, 1.807) is 0 Å². The van der Waals surface area contributed by atoms with Crippen molar-refractivity contribution in [3.63, 3.8) is 0 Å². The Morgan fingerprint density at radius 2 is 2.26 bits per heavy atom. The van der Waals surface area contributed by atoms with E-state index >= 15 is 0 Å². The molecule has 2 heterocycles. The van der Waals surface area contributed by atoms with Crippen molar-refractivity contribution in [3.8, 4) is 0 Å². The van der Waals surface area contributed by atoms with E-state index in [4.69, 9.17) is 16.3 Å². The van der Waals surface area contributed by atoms with Crippen LogP contribution in [-0.4, -0.2) is 55.7 Å². The van der Waals surface area contributed by atoms with Gasteiger partial charge in [-0.15, -0.1) is 0 Å². The molecule has 0 N–H and O–H groups in total. The Labute approximate surface area is 122 Å². The molecule has 5 nitrogen and oxygen atoms in total. The van der Waals surface area contributed by atoms with Gasteiger partial charge in [0.15, 0.2) is 15.2 Å². The molecule has 106 valence electrons. The number of thiazole rings is 1. The van der Waals surface area contributed by atoms with Gasteiger partial charge in [0.2, 0.25) is 0 Å². The van der Waals surface area contributed by atoms with E-state index < -0.39 is 5.97 Å². The van der Waals surface area contributed by atoms with Gasteiger partial charge in [-0.05, 0) is 26.9 Å². The predicted molar refractivity (Wildman–Crippen MR) is 77.4 cm³/mol. The Kier molecular flexibility index (Phi) is 4.65. The first-order valence-electron chi connectivity index (χ1n) is 6.22. The molecule has 1 unspecified atom stereocenters. The first kappa shape index (κ1) is 14.6. The van der Waals surface area contributed by atoms with Gasteiger partial charge in [-0.2, -0.15) is 0 Å². The van der Waals surface area contributed by atoms with E-state index in [1.165, 1.54) is 18.4 Å². The van der Waals surface area contributed by atoms with Crippen LogP contribution in [0.5, 0.6) is 0 Å². The fourth-order valence-corrected chi connectivity index (χ4v) is 3.62. The van der Waals surface area contributed by atoms with E-state index in [0.717, 1.165) is 31.2 Å². The molecular weight excluding hydrogens is 286 g/mol. The van der Waals surface area contributed by atoms with Gasteiger partial charge in [-0.25, -0.2) is 9.78 Å². The van der Waals surface area contributed by atoms with E-state index in [-0.39, 0.29) is 5.15 Å². The minimum absolute atomic E-state index is 0.233. The highest BCUT2D eigenvalue weighted by Crippen LogP contribution is 2.32. The van der Waals surface area contributed by atoms with Crippen molar-refractivity contribution in [2.24, 2.45) is 0 Å². The molecule has 19 heavy (non-hydrogen) atoms. The molecule has 1 aliphatic heterocycles. The van der Waals surface area contributed by atoms with E-state index in [0.29, 0.717) is 10.9 Å². The number of ether oxygens (including phenoxy) is 1. The van der Waals surface area contributed by atoms with Crippen LogP contribution in [-0.2, 0) is 4.74 Å². The molecule has 0 saturated carbocycles. The van der Waals surface area contributed by atoms with Gasteiger partial charge in [-0.3, -0.25) is 0 Å². The SMILES string of the molecule is COC(=O)c1sc(N2CCCN(C)CC2C)nc1Cl. The molecule has 1 saturated heterocycles. The zero-order valence-electron chi connectivity index (χ0n) is 11.4. The molecule has 0 amide bonds. The summed E-state index contributed by atoms with van der Waals surface area (Å²) in [7, 11) is 3.47. The second-order valence-electron chi connectivity index (χ2n) is 4.77. The maximum Gasteiger partial charge on any atom is 0.351 e. The van der Waals surface area contributed by atoms with Crippen molar-refractivity contribution in [1.29, 1.82) is 0 Å². The van der Waals surface area contributed by atoms with Crippen LogP contribution < -0.4 is 4.90 Å². The fraction of sp³-hybridized carbons (Fsp3) is 0.667. The smallest absolute Gasteiger partial charge is 0.351 e. The van der Waals surface area contributed by atoms with E-state index in [1.807, 2.05) is 0 Å². The largest absolute Gasteiger partial charge is 0.465 e. The maximum atomic E-state index is 11.6. The number of carbonyl (C=O) groups excluding carboxylic acids is 1. The topological polar surface area (TPSA) is 45.7 Å². The summed E-state index contributed by atoms with van der Waals surface area (Å²) >= 11 is 7.32. The van der Waals surface area contributed by atoms with E-state index in [9.17, 15) is 4.79 Å². The summed E-state index contributed by atoms with van der Waals surface area (Å²) in [5.41, 5.74) is 0. The van der Waals surface area contributed by atoms with Gasteiger partial charge in [0.1, 0.15) is 0 Å². The van der Waals surface area contributed by atoms with Crippen LogP contribution in [0.2, 0.25) is 5.15 Å². The highest BCUT2D eigenvalue weighted by atomic mass is 35.5. The molecule has 0 aliphatic carbocycles. The number of nitrogens with zero attached hydrogens (tertiary/aromatic N) is 3. The lowest BCUT2D eigenvalue weighted by atomic mass is 10.3. The number of hydrogen-bond donors (Lipinski definition) is 0. The number of hydrogen-bond acceptors (Lipinski definition) is 6. The predicted octanol–water partition coefficient (Wildman–Crippen LogP) is 2.11. The minimum atomic E-state index is -0.423. The van der Waals surface area contributed by atoms with Crippen LogP contribution in [0, 0.1) is 0 Å². The van der Waals surface area contributed by atoms with Crippen molar-refractivity contribution in [2.75, 3.05) is 38.7 Å². The van der Waals surface area contributed by atoms with Crippen molar-refractivity contribution < 1.29 is 9.53 Å². The minimum Gasteiger partial charge on any atom is -0.465 e. The molecule has 7 heteroatoms. The molecule has 0 bridgehead atoms. The van der Waals surface area contributed by atoms with Crippen molar-refractivity contribution >= 4 is 34.0 Å². The zero-order chi connectivity index (χ0) is 14.0. The number of methoxy groups -OCH3 is 1. The first-order chi connectivity index (χ1) is 9.02. The number of rotatable bonds is 2. The van der Waals surface area contributed by atoms with Gasteiger partial charge in [0.05, 0.1) is 7.11 Å².